The number of urea groups is 1. The average molecular weight is 672 g/mol. The molecule has 13 atom stereocenters. The number of aliphatic hydroxyl groups is 1. The molecule has 5 saturated carbocycles. The first-order chi connectivity index (χ1) is 22.6. The second-order valence-electron chi connectivity index (χ2n) is 18.7. The smallest absolute Gasteiger partial charge is 0.317 e. The van der Waals surface area contributed by atoms with E-state index in [0.29, 0.717) is 61.9 Å². The Morgan fingerprint density at radius 2 is 1.77 bits per heavy atom. The topological polar surface area (TPSA) is 101 Å². The Bertz CT molecular complexity index is 1280. The van der Waals surface area contributed by atoms with Gasteiger partial charge in [-0.15, -0.1) is 0 Å². The second-order valence-corrected chi connectivity index (χ2v) is 18.7. The SMILES string of the molecule is CCNC(=O)N(C)CC1CC(C)C2C(O1)[C@H](O)[C@@]1(C)[C@@H]3CC[C@H]4C(C)(C)C(O[C@H]5CN(C(=O)C(C)C)CCO5)CC[C@@]45C[C@@]35CC[C@]21C. The van der Waals surface area contributed by atoms with Crippen LogP contribution in [0.15, 0.2) is 0 Å². The molecule has 7 rings (SSSR count). The lowest BCUT2D eigenvalue weighted by Crippen LogP contribution is -2.60. The van der Waals surface area contributed by atoms with E-state index in [2.05, 4.69) is 39.9 Å². The monoisotopic (exact) mass is 671 g/mol. The van der Waals surface area contributed by atoms with Gasteiger partial charge in [-0.2, -0.15) is 0 Å². The molecule has 272 valence electrons. The summed E-state index contributed by atoms with van der Waals surface area (Å²) >= 11 is 0. The Kier molecular flexibility index (Phi) is 8.61. The van der Waals surface area contributed by atoms with Crippen LogP contribution < -0.4 is 5.32 Å². The van der Waals surface area contributed by atoms with Crippen molar-refractivity contribution < 1.29 is 28.9 Å². The van der Waals surface area contributed by atoms with E-state index in [-0.39, 0.29) is 64.1 Å². The lowest BCUT2D eigenvalue weighted by molar-refractivity contribution is -0.248. The molecular weight excluding hydrogens is 606 g/mol. The minimum absolute atomic E-state index is 0.00525. The van der Waals surface area contributed by atoms with E-state index in [1.165, 1.54) is 25.7 Å². The van der Waals surface area contributed by atoms with E-state index in [0.717, 1.165) is 25.7 Å². The molecule has 9 heteroatoms. The second kappa shape index (κ2) is 11.8. The lowest BCUT2D eigenvalue weighted by Gasteiger charge is -2.64. The van der Waals surface area contributed by atoms with Crippen LogP contribution in [0.25, 0.3) is 0 Å². The molecule has 0 aromatic rings. The maximum absolute atomic E-state index is 12.8. The molecular formula is C39H65N3O6. The molecule has 7 fully saturated rings. The summed E-state index contributed by atoms with van der Waals surface area (Å²) in [5, 5.41) is 15.4. The van der Waals surface area contributed by atoms with Gasteiger partial charge in [0, 0.05) is 38.0 Å². The fourth-order valence-corrected chi connectivity index (χ4v) is 13.9. The van der Waals surface area contributed by atoms with Crippen molar-refractivity contribution in [1.82, 2.24) is 15.1 Å². The highest BCUT2D eigenvalue weighted by Crippen LogP contribution is 2.89. The third-order valence-electron chi connectivity index (χ3n) is 16.1. The molecule has 3 amide bonds. The van der Waals surface area contributed by atoms with Gasteiger partial charge in [0.15, 0.2) is 6.29 Å². The van der Waals surface area contributed by atoms with Gasteiger partial charge in [0.2, 0.25) is 5.91 Å². The highest BCUT2D eigenvalue weighted by molar-refractivity contribution is 5.78. The van der Waals surface area contributed by atoms with E-state index in [4.69, 9.17) is 14.2 Å². The van der Waals surface area contributed by atoms with Crippen LogP contribution in [0, 0.1) is 56.7 Å². The summed E-state index contributed by atoms with van der Waals surface area (Å²) in [6.45, 7) is 20.9. The highest BCUT2D eigenvalue weighted by atomic mass is 16.7. The van der Waals surface area contributed by atoms with Gasteiger partial charge in [0.1, 0.15) is 0 Å². The molecule has 2 saturated heterocycles. The summed E-state index contributed by atoms with van der Waals surface area (Å²) in [6.07, 6.45) is 8.15. The average Bonchev–Trinajstić information content (AvgIpc) is 3.67. The molecule has 5 unspecified atom stereocenters. The number of aliphatic hydroxyl groups excluding tert-OH is 1. The summed E-state index contributed by atoms with van der Waals surface area (Å²) in [6, 6.07) is -0.0642. The Morgan fingerprint density at radius 3 is 2.48 bits per heavy atom. The maximum Gasteiger partial charge on any atom is 0.317 e. The molecule has 9 nitrogen and oxygen atoms in total. The number of rotatable bonds is 6. The van der Waals surface area contributed by atoms with Gasteiger partial charge in [0.25, 0.3) is 0 Å². The molecule has 2 N–H and O–H groups in total. The molecule has 0 radical (unpaired) electrons. The summed E-state index contributed by atoms with van der Waals surface area (Å²) in [4.78, 5) is 28.9. The number of likely N-dealkylation sites (N-methyl/N-ethyl adjacent to an activating group) is 1. The van der Waals surface area contributed by atoms with Crippen molar-refractivity contribution in [3.05, 3.63) is 0 Å². The molecule has 2 heterocycles. The first-order valence-corrected chi connectivity index (χ1v) is 19.5. The molecule has 48 heavy (non-hydrogen) atoms. The quantitative estimate of drug-likeness (QED) is 0.377. The number of nitrogens with one attached hydrogen (secondary N) is 1. The van der Waals surface area contributed by atoms with E-state index in [1.807, 2.05) is 32.7 Å². The third-order valence-corrected chi connectivity index (χ3v) is 16.1. The third kappa shape index (κ3) is 4.74. The van der Waals surface area contributed by atoms with E-state index in [9.17, 15) is 14.7 Å². The standard InChI is InChI=1S/C39H65N3O6/c1-10-40-34(45)41(9)20-25-19-24(4)30-31(47-25)32(43)37(8)27-12-11-26-35(5,6)28(48-29-21-42(17-18-46-29)33(44)23(2)3)13-14-38(26)22-39(27,38)16-15-36(30,37)7/h23-32,43H,10-22H2,1-9H3,(H,40,45)/t24?,25?,26-,27-,28?,29-,30?,31?,32-,36+,37+,38+,39-/m0/s1. The summed E-state index contributed by atoms with van der Waals surface area (Å²) < 4.78 is 19.8. The molecule has 2 aliphatic heterocycles. The van der Waals surface area contributed by atoms with Crippen molar-refractivity contribution >= 4 is 11.9 Å². The number of hydrogen-bond acceptors (Lipinski definition) is 6. The van der Waals surface area contributed by atoms with E-state index >= 15 is 0 Å². The van der Waals surface area contributed by atoms with Crippen LogP contribution in [-0.4, -0.2) is 97.4 Å². The zero-order valence-electron chi connectivity index (χ0n) is 31.3. The van der Waals surface area contributed by atoms with Crippen LogP contribution in [0.4, 0.5) is 4.79 Å². The predicted octanol–water partition coefficient (Wildman–Crippen LogP) is 5.69. The molecule has 0 bridgehead atoms. The van der Waals surface area contributed by atoms with Crippen LogP contribution in [0.1, 0.15) is 107 Å². The number of ether oxygens (including phenoxy) is 3. The van der Waals surface area contributed by atoms with Gasteiger partial charge in [0.05, 0.1) is 37.6 Å². The number of amides is 3. The van der Waals surface area contributed by atoms with Crippen LogP contribution in [0.5, 0.6) is 0 Å². The molecule has 0 aromatic heterocycles. The number of morpholine rings is 1. The lowest BCUT2D eigenvalue weighted by atomic mass is 9.41. The van der Waals surface area contributed by atoms with Crippen LogP contribution in [0.2, 0.25) is 0 Å². The first-order valence-electron chi connectivity index (χ1n) is 19.5. The molecule has 5 aliphatic carbocycles. The normalized spacial score (nSPS) is 48.8. The van der Waals surface area contributed by atoms with Gasteiger partial charge in [-0.05, 0) is 104 Å². The zero-order valence-corrected chi connectivity index (χ0v) is 31.3. The van der Waals surface area contributed by atoms with Crippen molar-refractivity contribution in [3.8, 4) is 0 Å². The van der Waals surface area contributed by atoms with Crippen molar-refractivity contribution in [2.24, 2.45) is 56.7 Å². The van der Waals surface area contributed by atoms with Crippen molar-refractivity contribution in [2.45, 2.75) is 137 Å². The summed E-state index contributed by atoms with van der Waals surface area (Å²) in [7, 11) is 1.85. The first kappa shape index (κ1) is 35.0. The van der Waals surface area contributed by atoms with Crippen LogP contribution >= 0.6 is 0 Å². The number of fused-ring (bicyclic) bond motifs is 4. The number of nitrogens with zero attached hydrogens (tertiary/aromatic N) is 2. The number of carbonyl (C=O) groups is 2. The fourth-order valence-electron chi connectivity index (χ4n) is 13.9. The Labute approximate surface area is 289 Å². The summed E-state index contributed by atoms with van der Waals surface area (Å²) in [5.41, 5.74) is 0.417. The van der Waals surface area contributed by atoms with Crippen LogP contribution in [0.3, 0.4) is 0 Å². The molecule has 7 aliphatic rings. The molecule has 2 spiro atoms. The number of carbonyl (C=O) groups excluding carboxylic acids is 2. The Balaban J connectivity index is 1.09. The van der Waals surface area contributed by atoms with Crippen molar-refractivity contribution in [3.63, 3.8) is 0 Å². The molecule has 0 aromatic carbocycles. The fraction of sp³-hybridized carbons (Fsp3) is 0.949. The maximum atomic E-state index is 12.8. The van der Waals surface area contributed by atoms with E-state index < -0.39 is 6.10 Å². The predicted molar refractivity (Wildman–Crippen MR) is 184 cm³/mol. The van der Waals surface area contributed by atoms with Crippen molar-refractivity contribution in [1.29, 1.82) is 0 Å². The van der Waals surface area contributed by atoms with Gasteiger partial charge < -0.3 is 34.4 Å². The Morgan fingerprint density at radius 1 is 1.06 bits per heavy atom. The Hall–Kier alpha value is -1.42. The van der Waals surface area contributed by atoms with Crippen molar-refractivity contribution in [2.75, 3.05) is 39.8 Å². The zero-order chi connectivity index (χ0) is 34.6. The van der Waals surface area contributed by atoms with Gasteiger partial charge >= 0.3 is 6.03 Å². The minimum atomic E-state index is -0.503. The summed E-state index contributed by atoms with van der Waals surface area (Å²) in [5.74, 6) is 1.98. The minimum Gasteiger partial charge on any atom is -0.390 e. The van der Waals surface area contributed by atoms with Gasteiger partial charge in [-0.1, -0.05) is 48.5 Å². The van der Waals surface area contributed by atoms with Gasteiger partial charge in [-0.3, -0.25) is 4.79 Å². The van der Waals surface area contributed by atoms with E-state index in [1.54, 1.807) is 4.90 Å². The van der Waals surface area contributed by atoms with Gasteiger partial charge in [-0.25, -0.2) is 4.79 Å². The highest BCUT2D eigenvalue weighted by Gasteiger charge is 2.84. The van der Waals surface area contributed by atoms with Crippen LogP contribution in [-0.2, 0) is 19.0 Å². The number of hydrogen-bond donors (Lipinski definition) is 2. The largest absolute Gasteiger partial charge is 0.390 e.